The van der Waals surface area contributed by atoms with Gasteiger partial charge in [-0.25, -0.2) is 4.79 Å². The number of hydrogen-bond donors (Lipinski definition) is 0. The zero-order valence-corrected chi connectivity index (χ0v) is 9.91. The topological polar surface area (TPSA) is 57.0 Å². The van der Waals surface area contributed by atoms with Gasteiger partial charge in [0.15, 0.2) is 0 Å². The van der Waals surface area contributed by atoms with Gasteiger partial charge in [0.2, 0.25) is 5.82 Å². The second kappa shape index (κ2) is 3.96. The number of halogens is 3. The lowest BCUT2D eigenvalue weighted by Gasteiger charge is -2.22. The van der Waals surface area contributed by atoms with Gasteiger partial charge >= 0.3 is 12.1 Å². The summed E-state index contributed by atoms with van der Waals surface area (Å²) in [6.45, 7) is 3.04. The standard InChI is InChI=1S/C10H12F3N3O2/c1-3-18-8(17)7-15-14-6(2)16(7)9(4-5-9)10(11,12)13/h3-5H2,1-2H3. The minimum atomic E-state index is -4.43. The Morgan fingerprint density at radius 3 is 2.50 bits per heavy atom. The van der Waals surface area contributed by atoms with Crippen LogP contribution in [0.1, 0.15) is 36.2 Å². The number of ether oxygens (including phenoxy) is 1. The van der Waals surface area contributed by atoms with Crippen LogP contribution in [0.5, 0.6) is 0 Å². The Bertz CT molecular complexity index is 477. The van der Waals surface area contributed by atoms with Gasteiger partial charge in [0.25, 0.3) is 0 Å². The van der Waals surface area contributed by atoms with E-state index in [1.54, 1.807) is 6.92 Å². The first-order valence-corrected chi connectivity index (χ1v) is 5.50. The maximum atomic E-state index is 13.0. The first-order valence-electron chi connectivity index (χ1n) is 5.50. The first kappa shape index (κ1) is 12.8. The molecule has 8 heteroatoms. The molecule has 5 nitrogen and oxygen atoms in total. The van der Waals surface area contributed by atoms with Gasteiger partial charge < -0.3 is 4.74 Å². The molecule has 18 heavy (non-hydrogen) atoms. The highest BCUT2D eigenvalue weighted by Gasteiger charge is 2.66. The fraction of sp³-hybridized carbons (Fsp3) is 0.700. The van der Waals surface area contributed by atoms with Crippen LogP contribution in [-0.2, 0) is 10.3 Å². The SMILES string of the molecule is CCOC(=O)c1nnc(C)n1C1(C(F)(F)F)CC1. The van der Waals surface area contributed by atoms with Crippen molar-refractivity contribution in [2.24, 2.45) is 0 Å². The normalized spacial score (nSPS) is 17.6. The highest BCUT2D eigenvalue weighted by atomic mass is 19.4. The third-order valence-corrected chi connectivity index (χ3v) is 2.96. The number of aromatic nitrogens is 3. The van der Waals surface area contributed by atoms with Gasteiger partial charge in [0, 0.05) is 0 Å². The number of alkyl halides is 3. The third kappa shape index (κ3) is 1.75. The summed E-state index contributed by atoms with van der Waals surface area (Å²) in [6.07, 6.45) is -4.56. The van der Waals surface area contributed by atoms with Gasteiger partial charge in [-0.05, 0) is 26.7 Å². The smallest absolute Gasteiger partial charge is 0.412 e. The van der Waals surface area contributed by atoms with E-state index in [1.165, 1.54) is 6.92 Å². The number of carbonyl (C=O) groups is 1. The quantitative estimate of drug-likeness (QED) is 0.780. The van der Waals surface area contributed by atoms with Crippen LogP contribution in [0.25, 0.3) is 0 Å². The van der Waals surface area contributed by atoms with Crippen molar-refractivity contribution >= 4 is 5.97 Å². The molecule has 0 spiro atoms. The van der Waals surface area contributed by atoms with Gasteiger partial charge in [-0.3, -0.25) is 4.57 Å². The molecule has 1 fully saturated rings. The molecule has 1 saturated carbocycles. The number of aryl methyl sites for hydroxylation is 1. The van der Waals surface area contributed by atoms with Crippen molar-refractivity contribution in [3.63, 3.8) is 0 Å². The lowest BCUT2D eigenvalue weighted by Crippen LogP contribution is -2.37. The third-order valence-electron chi connectivity index (χ3n) is 2.96. The Morgan fingerprint density at radius 2 is 2.06 bits per heavy atom. The van der Waals surface area contributed by atoms with Gasteiger partial charge in [-0.2, -0.15) is 13.2 Å². The van der Waals surface area contributed by atoms with E-state index in [-0.39, 0.29) is 31.1 Å². The summed E-state index contributed by atoms with van der Waals surface area (Å²) in [5.74, 6) is -1.20. The van der Waals surface area contributed by atoms with E-state index in [4.69, 9.17) is 0 Å². The molecular formula is C10H12F3N3O2. The summed E-state index contributed by atoms with van der Waals surface area (Å²) in [5, 5.41) is 7.04. The fourth-order valence-corrected chi connectivity index (χ4v) is 1.95. The van der Waals surface area contributed by atoms with Crippen LogP contribution in [0.4, 0.5) is 13.2 Å². The summed E-state index contributed by atoms with van der Waals surface area (Å²) in [5.41, 5.74) is -2.04. The van der Waals surface area contributed by atoms with Crippen LogP contribution in [0.3, 0.4) is 0 Å². The van der Waals surface area contributed by atoms with Crippen molar-refractivity contribution < 1.29 is 22.7 Å². The lowest BCUT2D eigenvalue weighted by molar-refractivity contribution is -0.180. The fourth-order valence-electron chi connectivity index (χ4n) is 1.95. The van der Waals surface area contributed by atoms with Crippen LogP contribution in [0.2, 0.25) is 0 Å². The van der Waals surface area contributed by atoms with Crippen molar-refractivity contribution in [1.29, 1.82) is 0 Å². The Hall–Kier alpha value is -1.60. The van der Waals surface area contributed by atoms with E-state index in [0.717, 1.165) is 4.57 Å². The Kier molecular flexibility index (Phi) is 2.83. The molecular weight excluding hydrogens is 251 g/mol. The maximum Gasteiger partial charge on any atom is 0.412 e. The van der Waals surface area contributed by atoms with Crippen molar-refractivity contribution in [1.82, 2.24) is 14.8 Å². The highest BCUT2D eigenvalue weighted by Crippen LogP contribution is 2.56. The van der Waals surface area contributed by atoms with E-state index >= 15 is 0 Å². The summed E-state index contributed by atoms with van der Waals surface area (Å²) >= 11 is 0. The summed E-state index contributed by atoms with van der Waals surface area (Å²) in [4.78, 5) is 11.6. The van der Waals surface area contributed by atoms with Gasteiger partial charge in [-0.15, -0.1) is 10.2 Å². The molecule has 1 aliphatic carbocycles. The van der Waals surface area contributed by atoms with Crippen LogP contribution in [0.15, 0.2) is 0 Å². The van der Waals surface area contributed by atoms with Gasteiger partial charge in [-0.1, -0.05) is 0 Å². The number of carbonyl (C=O) groups excluding carboxylic acids is 1. The number of nitrogens with zero attached hydrogens (tertiary/aromatic N) is 3. The molecule has 2 rings (SSSR count). The number of rotatable bonds is 3. The van der Waals surface area contributed by atoms with Gasteiger partial charge in [0.1, 0.15) is 11.4 Å². The van der Waals surface area contributed by atoms with Crippen molar-refractivity contribution in [3.05, 3.63) is 11.6 Å². The lowest BCUT2D eigenvalue weighted by atomic mass is 10.2. The maximum absolute atomic E-state index is 13.0. The van der Waals surface area contributed by atoms with Crippen molar-refractivity contribution in [2.75, 3.05) is 6.61 Å². The zero-order valence-electron chi connectivity index (χ0n) is 9.91. The molecule has 1 aliphatic rings. The molecule has 0 aromatic carbocycles. The Morgan fingerprint density at radius 1 is 1.44 bits per heavy atom. The molecule has 1 aromatic rings. The molecule has 0 N–H and O–H groups in total. The average molecular weight is 263 g/mol. The van der Waals surface area contributed by atoms with Crippen molar-refractivity contribution in [2.45, 2.75) is 38.4 Å². The predicted octanol–water partition coefficient (Wildman–Crippen LogP) is 1.81. The van der Waals surface area contributed by atoms with Crippen LogP contribution >= 0.6 is 0 Å². The molecule has 0 aliphatic heterocycles. The second-order valence-electron chi connectivity index (χ2n) is 4.16. The molecule has 0 atom stereocenters. The largest absolute Gasteiger partial charge is 0.460 e. The second-order valence-corrected chi connectivity index (χ2v) is 4.16. The van der Waals surface area contributed by atoms with E-state index in [1.807, 2.05) is 0 Å². The molecule has 100 valence electrons. The van der Waals surface area contributed by atoms with E-state index in [0.29, 0.717) is 0 Å². The molecule has 0 unspecified atom stereocenters. The average Bonchev–Trinajstić information content (AvgIpc) is 2.97. The zero-order chi connectivity index (χ0) is 13.6. The summed E-state index contributed by atoms with van der Waals surface area (Å²) in [7, 11) is 0. The predicted molar refractivity (Wildman–Crippen MR) is 54.0 cm³/mol. The minimum Gasteiger partial charge on any atom is -0.460 e. The van der Waals surface area contributed by atoms with Crippen molar-refractivity contribution in [3.8, 4) is 0 Å². The van der Waals surface area contributed by atoms with Crippen LogP contribution in [-0.4, -0.2) is 33.5 Å². The van der Waals surface area contributed by atoms with Crippen LogP contribution in [0, 0.1) is 6.92 Å². The van der Waals surface area contributed by atoms with E-state index in [2.05, 4.69) is 14.9 Å². The Labute approximate surface area is 101 Å². The number of esters is 1. The summed E-state index contributed by atoms with van der Waals surface area (Å²) < 4.78 is 44.7. The molecule has 0 saturated heterocycles. The first-order chi connectivity index (χ1) is 8.33. The minimum absolute atomic E-state index is 0.0629. The van der Waals surface area contributed by atoms with Crippen LogP contribution < -0.4 is 0 Å². The molecule has 1 heterocycles. The van der Waals surface area contributed by atoms with Gasteiger partial charge in [0.05, 0.1) is 6.61 Å². The molecule has 0 amide bonds. The number of hydrogen-bond acceptors (Lipinski definition) is 4. The van der Waals surface area contributed by atoms with E-state index < -0.39 is 17.7 Å². The molecule has 1 aromatic heterocycles. The highest BCUT2D eigenvalue weighted by molar-refractivity contribution is 5.85. The summed E-state index contributed by atoms with van der Waals surface area (Å²) in [6, 6.07) is 0. The Balaban J connectivity index is 2.46. The molecule has 0 radical (unpaired) electrons. The monoisotopic (exact) mass is 263 g/mol. The van der Waals surface area contributed by atoms with E-state index in [9.17, 15) is 18.0 Å². The molecule has 0 bridgehead atoms.